The molecule has 140 valence electrons. The van der Waals surface area contributed by atoms with Crippen molar-refractivity contribution in [3.63, 3.8) is 0 Å². The zero-order chi connectivity index (χ0) is 18.2. The van der Waals surface area contributed by atoms with Gasteiger partial charge < -0.3 is 14.7 Å². The zero-order valence-corrected chi connectivity index (χ0v) is 15.6. The van der Waals surface area contributed by atoms with Crippen LogP contribution in [0.3, 0.4) is 0 Å². The van der Waals surface area contributed by atoms with Crippen LogP contribution in [0, 0.1) is 0 Å². The predicted molar refractivity (Wildman–Crippen MR) is 98.6 cm³/mol. The molecule has 1 saturated heterocycles. The molecule has 0 aliphatic carbocycles. The van der Waals surface area contributed by atoms with Crippen molar-refractivity contribution < 1.29 is 14.1 Å². The Morgan fingerprint density at radius 1 is 1.35 bits per heavy atom. The average Bonchev–Trinajstić information content (AvgIpc) is 3.28. The molecule has 0 bridgehead atoms. The van der Waals surface area contributed by atoms with E-state index in [0.717, 1.165) is 37.1 Å². The van der Waals surface area contributed by atoms with Crippen molar-refractivity contribution in [1.82, 2.24) is 20.4 Å². The average molecular weight is 376 g/mol. The molecule has 2 aromatic rings. The molecule has 0 aromatic carbocycles. The molecule has 2 amide bonds. The van der Waals surface area contributed by atoms with Gasteiger partial charge in [0.1, 0.15) is 0 Å². The van der Waals surface area contributed by atoms with E-state index >= 15 is 0 Å². The van der Waals surface area contributed by atoms with E-state index in [1.54, 1.807) is 11.3 Å². The van der Waals surface area contributed by atoms with E-state index in [1.165, 1.54) is 0 Å². The first-order valence-electron chi connectivity index (χ1n) is 9.13. The second-order valence-electron chi connectivity index (χ2n) is 6.38. The molecule has 1 aliphatic heterocycles. The van der Waals surface area contributed by atoms with Gasteiger partial charge in [0.25, 0.3) is 0 Å². The predicted octanol–water partition coefficient (Wildman–Crippen LogP) is 2.64. The lowest BCUT2D eigenvalue weighted by atomic mass is 10.2. The van der Waals surface area contributed by atoms with Crippen LogP contribution in [0.2, 0.25) is 0 Å². The number of nitrogens with zero attached hydrogens (tertiary/aromatic N) is 3. The van der Waals surface area contributed by atoms with E-state index < -0.39 is 0 Å². The van der Waals surface area contributed by atoms with Crippen molar-refractivity contribution in [3.8, 4) is 10.7 Å². The normalized spacial score (nSPS) is 15.1. The quantitative estimate of drug-likeness (QED) is 0.716. The minimum absolute atomic E-state index is 0.0388. The van der Waals surface area contributed by atoms with Crippen molar-refractivity contribution in [2.75, 3.05) is 19.6 Å². The van der Waals surface area contributed by atoms with Gasteiger partial charge in [-0.25, -0.2) is 0 Å². The van der Waals surface area contributed by atoms with Crippen molar-refractivity contribution in [2.45, 2.75) is 44.9 Å². The summed E-state index contributed by atoms with van der Waals surface area (Å²) in [5.41, 5.74) is 0. The molecule has 26 heavy (non-hydrogen) atoms. The van der Waals surface area contributed by atoms with Crippen molar-refractivity contribution in [3.05, 3.63) is 23.4 Å². The van der Waals surface area contributed by atoms with E-state index in [2.05, 4.69) is 15.5 Å². The first kappa shape index (κ1) is 18.6. The molecule has 7 nitrogen and oxygen atoms in total. The minimum atomic E-state index is -0.0388. The molecule has 3 heterocycles. The third-order valence-corrected chi connectivity index (χ3v) is 5.24. The third kappa shape index (κ3) is 5.39. The summed E-state index contributed by atoms with van der Waals surface area (Å²) in [6.45, 7) is 2.14. The second kappa shape index (κ2) is 9.47. The minimum Gasteiger partial charge on any atom is -0.356 e. The van der Waals surface area contributed by atoms with Crippen LogP contribution in [-0.4, -0.2) is 46.5 Å². The third-order valence-electron chi connectivity index (χ3n) is 4.37. The van der Waals surface area contributed by atoms with Gasteiger partial charge in [-0.05, 0) is 30.7 Å². The van der Waals surface area contributed by atoms with Gasteiger partial charge in [-0.1, -0.05) is 17.6 Å². The molecule has 0 saturated carbocycles. The Hall–Kier alpha value is -2.22. The highest BCUT2D eigenvalue weighted by Crippen LogP contribution is 2.21. The van der Waals surface area contributed by atoms with E-state index in [0.29, 0.717) is 44.1 Å². The van der Waals surface area contributed by atoms with Crippen LogP contribution in [0.15, 0.2) is 22.0 Å². The summed E-state index contributed by atoms with van der Waals surface area (Å²) in [6, 6.07) is 3.86. The molecule has 1 fully saturated rings. The smallest absolute Gasteiger partial charge is 0.227 e. The number of aryl methyl sites for hydroxylation is 1. The van der Waals surface area contributed by atoms with E-state index in [4.69, 9.17) is 4.52 Å². The summed E-state index contributed by atoms with van der Waals surface area (Å²) < 4.78 is 5.19. The summed E-state index contributed by atoms with van der Waals surface area (Å²) in [5.74, 6) is 1.24. The number of carbonyl (C=O) groups is 2. The number of amides is 2. The summed E-state index contributed by atoms with van der Waals surface area (Å²) in [6.07, 6.45) is 5.38. The van der Waals surface area contributed by atoms with Crippen LogP contribution in [0.1, 0.15) is 44.4 Å². The second-order valence-corrected chi connectivity index (χ2v) is 7.33. The molecule has 0 spiro atoms. The SMILES string of the molecule is O=C(CCc1nc(-c2cccs2)no1)NCCCN1CCCCCC1=O. The molecule has 8 heteroatoms. The van der Waals surface area contributed by atoms with Gasteiger partial charge in [-0.2, -0.15) is 4.98 Å². The molecular weight excluding hydrogens is 352 g/mol. The fourth-order valence-corrected chi connectivity index (χ4v) is 3.59. The van der Waals surface area contributed by atoms with Gasteiger partial charge >= 0.3 is 0 Å². The number of nitrogens with one attached hydrogen (secondary N) is 1. The van der Waals surface area contributed by atoms with E-state index in [1.807, 2.05) is 22.4 Å². The van der Waals surface area contributed by atoms with Gasteiger partial charge in [-0.15, -0.1) is 11.3 Å². The van der Waals surface area contributed by atoms with Crippen molar-refractivity contribution in [1.29, 1.82) is 0 Å². The summed E-state index contributed by atoms with van der Waals surface area (Å²) in [7, 11) is 0. The Morgan fingerprint density at radius 3 is 3.12 bits per heavy atom. The number of rotatable bonds is 8. The maximum absolute atomic E-state index is 11.9. The van der Waals surface area contributed by atoms with E-state index in [9.17, 15) is 9.59 Å². The number of thiophene rings is 1. The largest absolute Gasteiger partial charge is 0.356 e. The number of likely N-dealkylation sites (tertiary alicyclic amines) is 1. The molecule has 0 atom stereocenters. The lowest BCUT2D eigenvalue weighted by Gasteiger charge is -2.20. The number of hydrogen-bond acceptors (Lipinski definition) is 6. The van der Waals surface area contributed by atoms with Gasteiger partial charge in [0.2, 0.25) is 23.5 Å². The Balaban J connectivity index is 1.32. The topological polar surface area (TPSA) is 88.3 Å². The highest BCUT2D eigenvalue weighted by atomic mass is 32.1. The standard InChI is InChI=1S/C18H24N4O3S/c23-15(19-10-5-12-22-11-3-1-2-7-17(22)24)8-9-16-20-18(21-25-16)14-6-4-13-26-14/h4,6,13H,1-3,5,7-12H2,(H,19,23). The maximum Gasteiger partial charge on any atom is 0.227 e. The van der Waals surface area contributed by atoms with Crippen LogP contribution < -0.4 is 5.32 Å². The highest BCUT2D eigenvalue weighted by molar-refractivity contribution is 7.13. The maximum atomic E-state index is 11.9. The molecular formula is C18H24N4O3S. The van der Waals surface area contributed by atoms with Crippen molar-refractivity contribution in [2.24, 2.45) is 0 Å². The van der Waals surface area contributed by atoms with Crippen LogP contribution >= 0.6 is 11.3 Å². The Bertz CT molecular complexity index is 714. The highest BCUT2D eigenvalue weighted by Gasteiger charge is 2.16. The Kier molecular flexibility index (Phi) is 6.76. The van der Waals surface area contributed by atoms with Gasteiger partial charge in [0.15, 0.2) is 0 Å². The summed E-state index contributed by atoms with van der Waals surface area (Å²) in [5, 5.41) is 8.78. The first-order valence-corrected chi connectivity index (χ1v) is 10.0. The fourth-order valence-electron chi connectivity index (χ4n) is 2.94. The molecule has 1 aliphatic rings. The van der Waals surface area contributed by atoms with Crippen LogP contribution in [0.4, 0.5) is 0 Å². The first-order chi connectivity index (χ1) is 12.7. The molecule has 0 unspecified atom stereocenters. The fraction of sp³-hybridized carbons (Fsp3) is 0.556. The molecule has 2 aromatic heterocycles. The van der Waals surface area contributed by atoms with E-state index in [-0.39, 0.29) is 11.8 Å². The lowest BCUT2D eigenvalue weighted by molar-refractivity contribution is -0.130. The Labute approximate surface area is 156 Å². The molecule has 1 N–H and O–H groups in total. The number of aromatic nitrogens is 2. The van der Waals surface area contributed by atoms with Crippen LogP contribution in [-0.2, 0) is 16.0 Å². The van der Waals surface area contributed by atoms with Crippen molar-refractivity contribution >= 4 is 23.2 Å². The number of hydrogen-bond donors (Lipinski definition) is 1. The van der Waals surface area contributed by atoms with Gasteiger partial charge in [0.05, 0.1) is 4.88 Å². The molecule has 0 radical (unpaired) electrons. The summed E-state index contributed by atoms with van der Waals surface area (Å²) >= 11 is 1.55. The van der Waals surface area contributed by atoms with Gasteiger partial charge in [-0.3, -0.25) is 9.59 Å². The van der Waals surface area contributed by atoms with Gasteiger partial charge in [0, 0.05) is 38.9 Å². The Morgan fingerprint density at radius 2 is 2.27 bits per heavy atom. The van der Waals surface area contributed by atoms with Crippen LogP contribution in [0.25, 0.3) is 10.7 Å². The summed E-state index contributed by atoms with van der Waals surface area (Å²) in [4.78, 5) is 31.0. The zero-order valence-electron chi connectivity index (χ0n) is 14.8. The monoisotopic (exact) mass is 376 g/mol. The van der Waals surface area contributed by atoms with Crippen LogP contribution in [0.5, 0.6) is 0 Å². The number of carbonyl (C=O) groups excluding carboxylic acids is 2. The lowest BCUT2D eigenvalue weighted by Crippen LogP contribution is -2.34. The molecule has 3 rings (SSSR count).